The number of carbonyl (C=O) groups excluding carboxylic acids is 1. The summed E-state index contributed by atoms with van der Waals surface area (Å²) in [6.07, 6.45) is -0.772. The fraction of sp³-hybridized carbons (Fsp3) is 0.889. The van der Waals surface area contributed by atoms with Crippen LogP contribution in [0.1, 0.15) is 12.8 Å². The number of hydrogen-bond donors (Lipinski definition) is 0. The van der Waals surface area contributed by atoms with Gasteiger partial charge in [-0.05, 0) is 0 Å². The second-order valence-electron chi connectivity index (χ2n) is 4.34. The fourth-order valence-electron chi connectivity index (χ4n) is 2.00. The molecular weight excluding hydrogens is 228 g/mol. The van der Waals surface area contributed by atoms with Gasteiger partial charge in [0, 0.05) is 25.9 Å². The van der Waals surface area contributed by atoms with Gasteiger partial charge in [-0.25, -0.2) is 22.4 Å². The van der Waals surface area contributed by atoms with Gasteiger partial charge in [0.05, 0.1) is 13.1 Å². The summed E-state index contributed by atoms with van der Waals surface area (Å²) in [5, 5.41) is 0. The van der Waals surface area contributed by atoms with Crippen LogP contribution >= 0.6 is 0 Å². The van der Waals surface area contributed by atoms with Crippen LogP contribution in [-0.4, -0.2) is 53.9 Å². The van der Waals surface area contributed by atoms with E-state index in [-0.39, 0.29) is 25.9 Å². The number of rotatable bonds is 0. The Kier molecular flexibility index (Phi) is 2.51. The van der Waals surface area contributed by atoms with Crippen LogP contribution in [0.2, 0.25) is 0 Å². The summed E-state index contributed by atoms with van der Waals surface area (Å²) >= 11 is 0. The highest BCUT2D eigenvalue weighted by Crippen LogP contribution is 2.31. The highest BCUT2D eigenvalue weighted by Gasteiger charge is 2.45. The quantitative estimate of drug-likeness (QED) is 0.592. The summed E-state index contributed by atoms with van der Waals surface area (Å²) in [5.41, 5.74) is 0. The summed E-state index contributed by atoms with van der Waals surface area (Å²) in [7, 11) is 0. The van der Waals surface area contributed by atoms with Gasteiger partial charge >= 0.3 is 6.03 Å². The maximum Gasteiger partial charge on any atom is 0.320 e. The van der Waals surface area contributed by atoms with E-state index in [1.165, 1.54) is 0 Å². The lowest BCUT2D eigenvalue weighted by molar-refractivity contribution is 0.00858. The maximum atomic E-state index is 12.8. The summed E-state index contributed by atoms with van der Waals surface area (Å²) in [6.45, 7) is -1.44. The number of halogens is 4. The normalized spacial score (nSPS) is 27.5. The third-order valence-corrected chi connectivity index (χ3v) is 2.88. The van der Waals surface area contributed by atoms with Crippen LogP contribution in [0.3, 0.4) is 0 Å². The van der Waals surface area contributed by atoms with Crippen molar-refractivity contribution in [3.63, 3.8) is 0 Å². The van der Waals surface area contributed by atoms with E-state index in [1.807, 2.05) is 0 Å². The second-order valence-corrected chi connectivity index (χ2v) is 4.34. The standard InChI is InChI=1S/C9H12F4N2O/c10-8(11)1-3-14(5-8)7(16)15-4-2-9(12,13)6-15/h1-6H2. The molecule has 0 aromatic rings. The Balaban J connectivity index is 1.95. The fourth-order valence-corrected chi connectivity index (χ4v) is 2.00. The minimum absolute atomic E-state index is 0.0616. The number of urea groups is 1. The first-order valence-corrected chi connectivity index (χ1v) is 5.09. The van der Waals surface area contributed by atoms with Crippen molar-refractivity contribution in [3.8, 4) is 0 Å². The molecule has 3 nitrogen and oxygen atoms in total. The third-order valence-electron chi connectivity index (χ3n) is 2.88. The van der Waals surface area contributed by atoms with Gasteiger partial charge in [-0.15, -0.1) is 0 Å². The first-order chi connectivity index (χ1) is 7.29. The molecule has 2 aliphatic rings. The summed E-state index contributed by atoms with van der Waals surface area (Å²) in [6, 6.07) is -0.700. The van der Waals surface area contributed by atoms with E-state index >= 15 is 0 Å². The molecule has 0 atom stereocenters. The van der Waals surface area contributed by atoms with Crippen molar-refractivity contribution >= 4 is 6.03 Å². The first kappa shape index (κ1) is 11.5. The van der Waals surface area contributed by atoms with Gasteiger partial charge < -0.3 is 9.80 Å². The van der Waals surface area contributed by atoms with Crippen LogP contribution in [-0.2, 0) is 0 Å². The average Bonchev–Trinajstić information content (AvgIpc) is 2.68. The smallest absolute Gasteiger partial charge is 0.318 e. The molecule has 0 aliphatic carbocycles. The number of hydrogen-bond acceptors (Lipinski definition) is 1. The van der Waals surface area contributed by atoms with Crippen molar-refractivity contribution in [1.29, 1.82) is 0 Å². The van der Waals surface area contributed by atoms with Crippen LogP contribution in [0.5, 0.6) is 0 Å². The van der Waals surface area contributed by atoms with Crippen molar-refractivity contribution in [2.24, 2.45) is 0 Å². The van der Waals surface area contributed by atoms with Gasteiger partial charge in [0.25, 0.3) is 11.8 Å². The van der Waals surface area contributed by atoms with Gasteiger partial charge in [0.2, 0.25) is 0 Å². The highest BCUT2D eigenvalue weighted by molar-refractivity contribution is 5.75. The van der Waals surface area contributed by atoms with Gasteiger partial charge in [0.1, 0.15) is 0 Å². The van der Waals surface area contributed by atoms with Crippen molar-refractivity contribution in [3.05, 3.63) is 0 Å². The molecule has 2 rings (SSSR count). The molecule has 2 heterocycles. The monoisotopic (exact) mass is 240 g/mol. The van der Waals surface area contributed by atoms with E-state index in [2.05, 4.69) is 0 Å². The molecule has 7 heteroatoms. The molecule has 0 aromatic heterocycles. The van der Waals surface area contributed by atoms with Gasteiger partial charge in [-0.1, -0.05) is 0 Å². The van der Waals surface area contributed by atoms with Crippen LogP contribution < -0.4 is 0 Å². The zero-order chi connectivity index (χ0) is 12.0. The maximum absolute atomic E-state index is 12.8. The van der Waals surface area contributed by atoms with Crippen LogP contribution in [0.25, 0.3) is 0 Å². The minimum Gasteiger partial charge on any atom is -0.318 e. The molecule has 2 fully saturated rings. The number of likely N-dealkylation sites (tertiary alicyclic amines) is 2. The van der Waals surface area contributed by atoms with Gasteiger partial charge in [0.15, 0.2) is 0 Å². The molecule has 0 bridgehead atoms. The zero-order valence-corrected chi connectivity index (χ0v) is 8.56. The molecular formula is C9H12F4N2O. The molecule has 0 saturated carbocycles. The molecule has 92 valence electrons. The van der Waals surface area contributed by atoms with Crippen molar-refractivity contribution in [1.82, 2.24) is 9.80 Å². The summed E-state index contributed by atoms with van der Waals surface area (Å²) < 4.78 is 51.3. The Morgan fingerprint density at radius 1 is 0.875 bits per heavy atom. The summed E-state index contributed by atoms with van der Waals surface area (Å²) in [5.74, 6) is -5.75. The predicted molar refractivity (Wildman–Crippen MR) is 47.7 cm³/mol. The average molecular weight is 240 g/mol. The molecule has 0 radical (unpaired) electrons. The molecule has 2 saturated heterocycles. The first-order valence-electron chi connectivity index (χ1n) is 5.09. The Labute approximate surface area is 90.0 Å². The van der Waals surface area contributed by atoms with E-state index in [0.717, 1.165) is 9.80 Å². The third kappa shape index (κ3) is 2.22. The lowest BCUT2D eigenvalue weighted by Gasteiger charge is -2.23. The topological polar surface area (TPSA) is 23.6 Å². The number of nitrogens with zero attached hydrogens (tertiary/aromatic N) is 2. The van der Waals surface area contributed by atoms with Crippen LogP contribution in [0.15, 0.2) is 0 Å². The number of alkyl halides is 4. The van der Waals surface area contributed by atoms with E-state index in [9.17, 15) is 22.4 Å². The van der Waals surface area contributed by atoms with Gasteiger partial charge in [-0.2, -0.15) is 0 Å². The molecule has 0 aromatic carbocycles. The zero-order valence-electron chi connectivity index (χ0n) is 8.56. The lowest BCUT2D eigenvalue weighted by Crippen LogP contribution is -2.42. The Morgan fingerprint density at radius 2 is 1.25 bits per heavy atom. The van der Waals surface area contributed by atoms with Crippen molar-refractivity contribution in [2.75, 3.05) is 26.2 Å². The van der Waals surface area contributed by atoms with Gasteiger partial charge in [-0.3, -0.25) is 0 Å². The van der Waals surface area contributed by atoms with Crippen LogP contribution in [0, 0.1) is 0 Å². The molecule has 2 amide bonds. The number of amides is 2. The van der Waals surface area contributed by atoms with E-state index in [1.54, 1.807) is 0 Å². The highest BCUT2D eigenvalue weighted by atomic mass is 19.3. The lowest BCUT2D eigenvalue weighted by atomic mass is 10.3. The summed E-state index contributed by atoms with van der Waals surface area (Å²) in [4.78, 5) is 13.5. The van der Waals surface area contributed by atoms with E-state index < -0.39 is 31.0 Å². The SMILES string of the molecule is O=C(N1CCC(F)(F)C1)N1CCC(F)(F)C1. The second kappa shape index (κ2) is 3.49. The Hall–Kier alpha value is -1.01. The molecule has 16 heavy (non-hydrogen) atoms. The largest absolute Gasteiger partial charge is 0.320 e. The molecule has 0 N–H and O–H groups in total. The number of carbonyl (C=O) groups is 1. The molecule has 0 unspecified atom stereocenters. The minimum atomic E-state index is -2.88. The predicted octanol–water partition coefficient (Wildman–Crippen LogP) is 1.79. The Morgan fingerprint density at radius 3 is 1.50 bits per heavy atom. The van der Waals surface area contributed by atoms with Crippen molar-refractivity contribution < 1.29 is 22.4 Å². The molecule has 0 spiro atoms. The van der Waals surface area contributed by atoms with Crippen molar-refractivity contribution in [2.45, 2.75) is 24.7 Å². The Bertz CT molecular complexity index is 280. The molecule has 2 aliphatic heterocycles. The van der Waals surface area contributed by atoms with E-state index in [0.29, 0.717) is 0 Å². The van der Waals surface area contributed by atoms with E-state index in [4.69, 9.17) is 0 Å². The van der Waals surface area contributed by atoms with Crippen LogP contribution in [0.4, 0.5) is 22.4 Å².